The highest BCUT2D eigenvalue weighted by atomic mass is 32.1. The van der Waals surface area contributed by atoms with Gasteiger partial charge in [-0.15, -0.1) is 11.3 Å². The molecule has 5 rings (SSSR count). The van der Waals surface area contributed by atoms with Crippen LogP contribution in [0.1, 0.15) is 16.3 Å². The molecule has 3 aromatic rings. The monoisotopic (exact) mass is 374 g/mol. The number of aryl methyl sites for hydroxylation is 3. The first-order valence-corrected chi connectivity index (χ1v) is 9.57. The smallest absolute Gasteiger partial charge is 0.164 e. The number of imidazole rings is 1. The molecule has 1 aromatic carbocycles. The first kappa shape index (κ1) is 16.1. The van der Waals surface area contributed by atoms with Crippen molar-refractivity contribution in [3.63, 3.8) is 0 Å². The van der Waals surface area contributed by atoms with Gasteiger partial charge in [0.2, 0.25) is 0 Å². The first-order chi connectivity index (χ1) is 13.0. The van der Waals surface area contributed by atoms with E-state index >= 15 is 0 Å². The van der Waals surface area contributed by atoms with Crippen molar-refractivity contribution in [2.45, 2.75) is 20.4 Å². The molecule has 6 nitrogen and oxygen atoms in total. The highest BCUT2D eigenvalue weighted by Gasteiger charge is 2.16. The Kier molecular flexibility index (Phi) is 3.58. The average Bonchev–Trinajstić information content (AvgIpc) is 3.30. The lowest BCUT2D eigenvalue weighted by molar-refractivity contribution is 0.756. The standard InChI is InChI=1S/C20H18N6S/c1-12-4-5-16-18(8-12)27-19(21-16)11-26-7-6-15-17(10-26)23-20(22-15)14-9-25(3)24-13(14)2/h4-10H,11H2,1-3H3. The van der Waals surface area contributed by atoms with Gasteiger partial charge < -0.3 is 4.57 Å². The summed E-state index contributed by atoms with van der Waals surface area (Å²) in [6.45, 7) is 4.81. The van der Waals surface area contributed by atoms with Gasteiger partial charge in [0.25, 0.3) is 0 Å². The SMILES string of the molecule is Cc1ccc2nc(Cn3ccc4nc(-c5cn(C)nc5C)nc-4c3)sc2c1. The lowest BCUT2D eigenvalue weighted by atomic mass is 10.2. The Labute approximate surface area is 160 Å². The van der Waals surface area contributed by atoms with Gasteiger partial charge >= 0.3 is 0 Å². The molecular formula is C20H18N6S. The van der Waals surface area contributed by atoms with Crippen molar-refractivity contribution in [1.29, 1.82) is 0 Å². The molecule has 0 aliphatic carbocycles. The van der Waals surface area contributed by atoms with Gasteiger partial charge in [-0.05, 0) is 37.6 Å². The van der Waals surface area contributed by atoms with Gasteiger partial charge in [-0.2, -0.15) is 5.10 Å². The van der Waals surface area contributed by atoms with Crippen molar-refractivity contribution in [2.75, 3.05) is 0 Å². The topological polar surface area (TPSA) is 61.4 Å². The molecule has 0 saturated carbocycles. The molecule has 0 atom stereocenters. The number of benzene rings is 1. The van der Waals surface area contributed by atoms with E-state index in [1.807, 2.05) is 38.6 Å². The van der Waals surface area contributed by atoms with Crippen molar-refractivity contribution < 1.29 is 0 Å². The molecule has 2 aliphatic heterocycles. The number of thiazole rings is 1. The number of fused-ring (bicyclic) bond motifs is 2. The van der Waals surface area contributed by atoms with Crippen LogP contribution in [0, 0.1) is 13.8 Å². The summed E-state index contributed by atoms with van der Waals surface area (Å²) >= 11 is 1.74. The van der Waals surface area contributed by atoms with E-state index in [1.54, 1.807) is 16.0 Å². The maximum absolute atomic E-state index is 4.75. The van der Waals surface area contributed by atoms with Crippen LogP contribution in [0.15, 0.2) is 42.9 Å². The average molecular weight is 374 g/mol. The van der Waals surface area contributed by atoms with Crippen molar-refractivity contribution in [2.24, 2.45) is 7.05 Å². The quantitative estimate of drug-likeness (QED) is 0.478. The molecule has 0 spiro atoms. The van der Waals surface area contributed by atoms with E-state index < -0.39 is 0 Å². The molecule has 0 bridgehead atoms. The minimum Gasteiger partial charge on any atom is -0.345 e. The van der Waals surface area contributed by atoms with E-state index in [2.05, 4.69) is 39.8 Å². The molecule has 27 heavy (non-hydrogen) atoms. The number of pyridine rings is 1. The second kappa shape index (κ2) is 5.99. The predicted molar refractivity (Wildman–Crippen MR) is 107 cm³/mol. The lowest BCUT2D eigenvalue weighted by Crippen LogP contribution is -2.00. The zero-order valence-corrected chi connectivity index (χ0v) is 16.2. The summed E-state index contributed by atoms with van der Waals surface area (Å²) in [5, 5.41) is 5.47. The normalized spacial score (nSPS) is 11.7. The molecule has 7 heteroatoms. The zero-order valence-electron chi connectivity index (χ0n) is 15.3. The van der Waals surface area contributed by atoms with Gasteiger partial charge in [0, 0.05) is 25.6 Å². The van der Waals surface area contributed by atoms with Crippen LogP contribution >= 0.6 is 11.3 Å². The molecule has 2 aromatic heterocycles. The summed E-state index contributed by atoms with van der Waals surface area (Å²) < 4.78 is 5.14. The second-order valence-electron chi connectivity index (χ2n) is 6.82. The number of hydrogen-bond acceptors (Lipinski definition) is 5. The van der Waals surface area contributed by atoms with Crippen LogP contribution in [0.4, 0.5) is 0 Å². The zero-order chi connectivity index (χ0) is 18.5. The van der Waals surface area contributed by atoms with E-state index in [0.29, 0.717) is 0 Å². The van der Waals surface area contributed by atoms with Crippen LogP contribution in [0.3, 0.4) is 0 Å². The van der Waals surface area contributed by atoms with E-state index in [-0.39, 0.29) is 0 Å². The fraction of sp³-hybridized carbons (Fsp3) is 0.200. The van der Waals surface area contributed by atoms with Gasteiger partial charge in [0.1, 0.15) is 10.7 Å². The number of rotatable bonds is 3. The predicted octanol–water partition coefficient (Wildman–Crippen LogP) is 4.06. The molecular weight excluding hydrogens is 356 g/mol. The highest BCUT2D eigenvalue weighted by Crippen LogP contribution is 2.27. The minimum atomic E-state index is 0.725. The van der Waals surface area contributed by atoms with Gasteiger partial charge in [-0.25, -0.2) is 15.0 Å². The molecule has 0 amide bonds. The molecule has 134 valence electrons. The Hall–Kier alpha value is -3.06. The van der Waals surface area contributed by atoms with Crippen LogP contribution in [0.5, 0.6) is 0 Å². The van der Waals surface area contributed by atoms with Crippen molar-refractivity contribution in [3.05, 3.63) is 59.1 Å². The summed E-state index contributed by atoms with van der Waals surface area (Å²) in [6.07, 6.45) is 6.03. The molecule has 0 saturated heterocycles. The molecule has 0 radical (unpaired) electrons. The van der Waals surface area contributed by atoms with Crippen LogP contribution in [0.25, 0.3) is 33.0 Å². The summed E-state index contributed by atoms with van der Waals surface area (Å²) in [4.78, 5) is 14.1. The van der Waals surface area contributed by atoms with E-state index in [0.717, 1.165) is 45.5 Å². The number of nitrogens with zero attached hydrogens (tertiary/aromatic N) is 6. The van der Waals surface area contributed by atoms with Crippen molar-refractivity contribution >= 4 is 21.6 Å². The molecule has 0 N–H and O–H groups in total. The van der Waals surface area contributed by atoms with E-state index in [9.17, 15) is 0 Å². The second-order valence-corrected chi connectivity index (χ2v) is 7.93. The molecule has 4 heterocycles. The van der Waals surface area contributed by atoms with Crippen LogP contribution in [-0.4, -0.2) is 29.3 Å². The Bertz CT molecular complexity index is 1240. The third kappa shape index (κ3) is 2.90. The van der Waals surface area contributed by atoms with Gasteiger partial charge in [-0.1, -0.05) is 6.07 Å². The van der Waals surface area contributed by atoms with Gasteiger partial charge in [0.05, 0.1) is 33.7 Å². The first-order valence-electron chi connectivity index (χ1n) is 8.75. The number of aromatic nitrogens is 6. The third-order valence-electron chi connectivity index (χ3n) is 4.59. The summed E-state index contributed by atoms with van der Waals surface area (Å²) in [6, 6.07) is 8.39. The Morgan fingerprint density at radius 2 is 1.85 bits per heavy atom. The minimum absolute atomic E-state index is 0.725. The van der Waals surface area contributed by atoms with Crippen molar-refractivity contribution in [1.82, 2.24) is 29.3 Å². The lowest BCUT2D eigenvalue weighted by Gasteiger charge is -2.05. The molecule has 2 aliphatic rings. The maximum atomic E-state index is 4.75. The van der Waals surface area contributed by atoms with Gasteiger partial charge in [-0.3, -0.25) is 4.68 Å². The summed E-state index contributed by atoms with van der Waals surface area (Å²) in [5.41, 5.74) is 6.01. The fourth-order valence-corrected chi connectivity index (χ4v) is 4.37. The fourth-order valence-electron chi connectivity index (χ4n) is 3.29. The van der Waals surface area contributed by atoms with E-state index in [1.165, 1.54) is 10.3 Å². The summed E-state index contributed by atoms with van der Waals surface area (Å²) in [5.74, 6) is 0.726. The molecule has 0 unspecified atom stereocenters. The van der Waals surface area contributed by atoms with Crippen LogP contribution in [-0.2, 0) is 13.6 Å². The third-order valence-corrected chi connectivity index (χ3v) is 5.59. The van der Waals surface area contributed by atoms with Crippen LogP contribution < -0.4 is 0 Å². The summed E-state index contributed by atoms with van der Waals surface area (Å²) in [7, 11) is 1.91. The number of hydrogen-bond donors (Lipinski definition) is 0. The van der Waals surface area contributed by atoms with Crippen molar-refractivity contribution in [3.8, 4) is 22.8 Å². The maximum Gasteiger partial charge on any atom is 0.164 e. The largest absolute Gasteiger partial charge is 0.345 e. The van der Waals surface area contributed by atoms with E-state index in [4.69, 9.17) is 9.97 Å². The van der Waals surface area contributed by atoms with Gasteiger partial charge in [0.15, 0.2) is 5.82 Å². The Morgan fingerprint density at radius 1 is 1.00 bits per heavy atom. The Balaban J connectivity index is 1.49. The molecule has 0 fully saturated rings. The Morgan fingerprint density at radius 3 is 2.67 bits per heavy atom. The van der Waals surface area contributed by atoms with Crippen LogP contribution in [0.2, 0.25) is 0 Å². The highest BCUT2D eigenvalue weighted by molar-refractivity contribution is 7.18.